The molecule has 3 heterocycles. The van der Waals surface area contributed by atoms with Crippen LogP contribution in [0.4, 0.5) is 0 Å². The van der Waals surface area contributed by atoms with Crippen LogP contribution in [0.25, 0.3) is 5.65 Å². The minimum absolute atomic E-state index is 0.189. The molecular weight excluding hydrogens is 308 g/mol. The van der Waals surface area contributed by atoms with E-state index in [0.29, 0.717) is 43.2 Å². The zero-order chi connectivity index (χ0) is 16.4. The van der Waals surface area contributed by atoms with Gasteiger partial charge in [-0.25, -0.2) is 0 Å². The van der Waals surface area contributed by atoms with Crippen LogP contribution in [0, 0.1) is 0 Å². The summed E-state index contributed by atoms with van der Waals surface area (Å²) >= 11 is 0. The van der Waals surface area contributed by atoms with E-state index >= 15 is 0 Å². The van der Waals surface area contributed by atoms with Crippen LogP contribution in [0.2, 0.25) is 0 Å². The Labute approximate surface area is 138 Å². The van der Waals surface area contributed by atoms with Crippen LogP contribution in [0.5, 0.6) is 11.5 Å². The lowest BCUT2D eigenvalue weighted by molar-refractivity contribution is 0.0943. The van der Waals surface area contributed by atoms with Crippen LogP contribution in [-0.2, 0) is 6.42 Å². The average Bonchev–Trinajstić information content (AvgIpc) is 3.04. The monoisotopic (exact) mass is 324 g/mol. The van der Waals surface area contributed by atoms with Crippen LogP contribution in [0.3, 0.4) is 0 Å². The van der Waals surface area contributed by atoms with Gasteiger partial charge in [0, 0.05) is 19.2 Å². The zero-order valence-electron chi connectivity index (χ0n) is 12.9. The summed E-state index contributed by atoms with van der Waals surface area (Å²) in [7, 11) is 0. The van der Waals surface area contributed by atoms with Crippen LogP contribution in [-0.4, -0.2) is 40.3 Å². The molecule has 2 aromatic heterocycles. The lowest BCUT2D eigenvalue weighted by Crippen LogP contribution is -2.28. The smallest absolute Gasteiger partial charge is 0.255 e. The first-order valence-corrected chi connectivity index (χ1v) is 7.78. The maximum absolute atomic E-state index is 12.4. The normalized spacial score (nSPS) is 13.0. The molecule has 1 amide bonds. The highest BCUT2D eigenvalue weighted by Gasteiger charge is 2.20. The fourth-order valence-corrected chi connectivity index (χ4v) is 2.70. The van der Waals surface area contributed by atoms with E-state index in [-0.39, 0.29) is 5.91 Å². The van der Waals surface area contributed by atoms with Crippen molar-refractivity contribution < 1.29 is 14.3 Å². The number of amides is 1. The lowest BCUT2D eigenvalue weighted by Gasteiger charge is -2.20. The first-order chi connectivity index (χ1) is 11.8. The third kappa shape index (κ3) is 2.64. The van der Waals surface area contributed by atoms with Crippen molar-refractivity contribution in [2.24, 2.45) is 0 Å². The third-order valence-corrected chi connectivity index (χ3v) is 3.83. The summed E-state index contributed by atoms with van der Waals surface area (Å²) in [4.78, 5) is 12.4. The van der Waals surface area contributed by atoms with Gasteiger partial charge in [-0.1, -0.05) is 12.1 Å². The molecule has 1 aliphatic heterocycles. The Morgan fingerprint density at radius 2 is 2.04 bits per heavy atom. The number of aromatic nitrogens is 3. The predicted molar refractivity (Wildman–Crippen MR) is 86.5 cm³/mol. The quantitative estimate of drug-likeness (QED) is 0.786. The number of hydrogen-bond acceptors (Lipinski definition) is 5. The Morgan fingerprint density at radius 1 is 1.12 bits per heavy atom. The summed E-state index contributed by atoms with van der Waals surface area (Å²) < 4.78 is 13.0. The van der Waals surface area contributed by atoms with Crippen LogP contribution < -0.4 is 14.8 Å². The number of nitrogens with zero attached hydrogens (tertiary/aromatic N) is 3. The fourth-order valence-electron chi connectivity index (χ4n) is 2.70. The van der Waals surface area contributed by atoms with Gasteiger partial charge in [0.15, 0.2) is 17.1 Å². The van der Waals surface area contributed by atoms with Crippen molar-refractivity contribution in [2.45, 2.75) is 6.42 Å². The van der Waals surface area contributed by atoms with E-state index in [9.17, 15) is 4.79 Å². The summed E-state index contributed by atoms with van der Waals surface area (Å²) in [5.41, 5.74) is 1.28. The predicted octanol–water partition coefficient (Wildman–Crippen LogP) is 1.47. The number of carbonyl (C=O) groups is 1. The molecular formula is C17H16N4O3. The number of hydrogen-bond donors (Lipinski definition) is 1. The number of rotatable bonds is 4. The minimum Gasteiger partial charge on any atom is -0.486 e. The van der Waals surface area contributed by atoms with Crippen molar-refractivity contribution in [1.82, 2.24) is 19.9 Å². The van der Waals surface area contributed by atoms with E-state index in [1.807, 2.05) is 28.8 Å². The standard InChI is InChI=1S/C17H16N4O3/c22-17(12-4-3-5-13-16(12)24-11-10-23-13)18-8-7-15-20-19-14-6-1-2-9-21(14)15/h1-6,9H,7-8,10-11H2,(H,18,22). The fraction of sp³-hybridized carbons (Fsp3) is 0.235. The summed E-state index contributed by atoms with van der Waals surface area (Å²) in [6, 6.07) is 11.0. The number of fused-ring (bicyclic) bond motifs is 2. The van der Waals surface area contributed by atoms with Gasteiger partial charge in [0.25, 0.3) is 5.91 Å². The SMILES string of the molecule is O=C(NCCc1nnc2ccccn12)c1cccc2c1OCCO2. The molecule has 0 aliphatic carbocycles. The summed E-state index contributed by atoms with van der Waals surface area (Å²) in [6.45, 7) is 1.40. The van der Waals surface area contributed by atoms with Gasteiger partial charge in [-0.2, -0.15) is 0 Å². The summed E-state index contributed by atoms with van der Waals surface area (Å²) in [6.07, 6.45) is 2.49. The van der Waals surface area contributed by atoms with Gasteiger partial charge < -0.3 is 14.8 Å². The number of carbonyl (C=O) groups excluding carboxylic acids is 1. The molecule has 1 N–H and O–H groups in total. The second-order valence-corrected chi connectivity index (χ2v) is 5.38. The Kier molecular flexibility index (Phi) is 3.74. The molecule has 0 radical (unpaired) electrons. The van der Waals surface area contributed by atoms with Crippen molar-refractivity contribution in [1.29, 1.82) is 0 Å². The highest BCUT2D eigenvalue weighted by Crippen LogP contribution is 2.33. The molecule has 0 saturated heterocycles. The van der Waals surface area contributed by atoms with Gasteiger partial charge in [0.1, 0.15) is 19.0 Å². The second-order valence-electron chi connectivity index (χ2n) is 5.38. The van der Waals surface area contributed by atoms with Crippen molar-refractivity contribution in [3.63, 3.8) is 0 Å². The molecule has 4 rings (SSSR count). The van der Waals surface area contributed by atoms with E-state index in [4.69, 9.17) is 9.47 Å². The van der Waals surface area contributed by atoms with E-state index in [2.05, 4.69) is 15.5 Å². The Morgan fingerprint density at radius 3 is 3.00 bits per heavy atom. The van der Waals surface area contributed by atoms with Gasteiger partial charge in [-0.3, -0.25) is 9.20 Å². The highest BCUT2D eigenvalue weighted by molar-refractivity contribution is 5.97. The zero-order valence-corrected chi connectivity index (χ0v) is 12.9. The molecule has 122 valence electrons. The number of benzene rings is 1. The van der Waals surface area contributed by atoms with Crippen molar-refractivity contribution >= 4 is 11.6 Å². The number of para-hydroxylation sites is 1. The lowest BCUT2D eigenvalue weighted by atomic mass is 10.1. The van der Waals surface area contributed by atoms with Gasteiger partial charge in [0.05, 0.1) is 5.56 Å². The topological polar surface area (TPSA) is 77.8 Å². The summed E-state index contributed by atoms with van der Waals surface area (Å²) in [5.74, 6) is 1.73. The molecule has 0 spiro atoms. The first-order valence-electron chi connectivity index (χ1n) is 7.78. The highest BCUT2D eigenvalue weighted by atomic mass is 16.6. The molecule has 0 unspecified atom stereocenters. The third-order valence-electron chi connectivity index (χ3n) is 3.83. The van der Waals surface area contributed by atoms with Crippen molar-refractivity contribution in [3.05, 3.63) is 54.0 Å². The van der Waals surface area contributed by atoms with Gasteiger partial charge >= 0.3 is 0 Å². The molecule has 1 aromatic carbocycles. The molecule has 0 bridgehead atoms. The largest absolute Gasteiger partial charge is 0.486 e. The number of nitrogens with one attached hydrogen (secondary N) is 1. The van der Waals surface area contributed by atoms with Crippen LogP contribution >= 0.6 is 0 Å². The van der Waals surface area contributed by atoms with Crippen molar-refractivity contribution in [3.8, 4) is 11.5 Å². The van der Waals surface area contributed by atoms with Crippen molar-refractivity contribution in [2.75, 3.05) is 19.8 Å². The maximum Gasteiger partial charge on any atom is 0.255 e. The van der Waals surface area contributed by atoms with Crippen LogP contribution in [0.15, 0.2) is 42.6 Å². The average molecular weight is 324 g/mol. The molecule has 0 fully saturated rings. The molecule has 7 nitrogen and oxygen atoms in total. The van der Waals surface area contributed by atoms with E-state index in [1.165, 1.54) is 0 Å². The molecule has 3 aromatic rings. The maximum atomic E-state index is 12.4. The Balaban J connectivity index is 1.44. The molecule has 0 atom stereocenters. The van der Waals surface area contributed by atoms with E-state index in [1.54, 1.807) is 18.2 Å². The second kappa shape index (κ2) is 6.19. The van der Waals surface area contributed by atoms with Crippen LogP contribution in [0.1, 0.15) is 16.2 Å². The Bertz CT molecular complexity index is 890. The number of ether oxygens (including phenoxy) is 2. The first kappa shape index (κ1) is 14.5. The molecule has 7 heteroatoms. The van der Waals surface area contributed by atoms with E-state index < -0.39 is 0 Å². The molecule has 0 saturated carbocycles. The summed E-state index contributed by atoms with van der Waals surface area (Å²) in [5, 5.41) is 11.1. The Hall–Kier alpha value is -3.09. The van der Waals surface area contributed by atoms with Gasteiger partial charge in [0.2, 0.25) is 0 Å². The minimum atomic E-state index is -0.189. The molecule has 24 heavy (non-hydrogen) atoms. The van der Waals surface area contributed by atoms with Gasteiger partial charge in [-0.05, 0) is 24.3 Å². The molecule has 1 aliphatic rings. The number of pyridine rings is 1. The van der Waals surface area contributed by atoms with Gasteiger partial charge in [-0.15, -0.1) is 10.2 Å². The van der Waals surface area contributed by atoms with E-state index in [0.717, 1.165) is 11.5 Å².